The lowest BCUT2D eigenvalue weighted by Gasteiger charge is -2.13. The maximum Gasteiger partial charge on any atom is 0.263 e. The molecule has 22 heavy (non-hydrogen) atoms. The third kappa shape index (κ3) is 6.42. The van der Waals surface area contributed by atoms with Crippen LogP contribution in [-0.4, -0.2) is 25.7 Å². The zero-order valence-corrected chi connectivity index (χ0v) is 13.1. The van der Waals surface area contributed by atoms with E-state index in [-0.39, 0.29) is 17.5 Å². The molecular weight excluding hydrogens is 278 g/mol. The largest absolute Gasteiger partial charge is 0.390 e. The molecule has 0 aliphatic rings. The van der Waals surface area contributed by atoms with Crippen molar-refractivity contribution in [2.45, 2.75) is 26.3 Å². The standard InChI is InChI=1S/C17H23N3O2/c1-3-22-11-7-10-19-13-16(12-18)17(21)20-14(2)15-8-5-4-6-9-15/h4-6,8-9,13-14,19H,3,7,10-11H2,1-2H3,(H,20,21)/b16-13-. The number of amides is 1. The van der Waals surface area contributed by atoms with E-state index in [1.165, 1.54) is 6.20 Å². The second-order valence-corrected chi connectivity index (χ2v) is 4.78. The van der Waals surface area contributed by atoms with Gasteiger partial charge in [-0.15, -0.1) is 0 Å². The number of hydrogen-bond acceptors (Lipinski definition) is 4. The maximum atomic E-state index is 12.1. The SMILES string of the molecule is CCOCCCN/C=C(/C#N)C(=O)NC(C)c1ccccc1. The van der Waals surface area contributed by atoms with Gasteiger partial charge in [-0.2, -0.15) is 5.26 Å². The molecule has 1 aromatic carbocycles. The van der Waals surface area contributed by atoms with Gasteiger partial charge in [0.2, 0.25) is 0 Å². The van der Waals surface area contributed by atoms with Gasteiger partial charge in [-0.25, -0.2) is 0 Å². The van der Waals surface area contributed by atoms with Crippen LogP contribution in [0.1, 0.15) is 31.9 Å². The Kier molecular flexibility index (Phi) is 8.39. The highest BCUT2D eigenvalue weighted by atomic mass is 16.5. The fraction of sp³-hybridized carbons (Fsp3) is 0.412. The summed E-state index contributed by atoms with van der Waals surface area (Å²) in [5.41, 5.74) is 1.07. The van der Waals surface area contributed by atoms with Gasteiger partial charge in [-0.1, -0.05) is 30.3 Å². The maximum absolute atomic E-state index is 12.1. The molecule has 0 aliphatic carbocycles. The van der Waals surface area contributed by atoms with Crippen LogP contribution in [0, 0.1) is 11.3 Å². The fourth-order valence-corrected chi connectivity index (χ4v) is 1.84. The third-order valence-corrected chi connectivity index (χ3v) is 3.07. The Bertz CT molecular complexity index is 520. The molecule has 118 valence electrons. The van der Waals surface area contributed by atoms with Gasteiger partial charge in [-0.05, 0) is 25.8 Å². The highest BCUT2D eigenvalue weighted by Gasteiger charge is 2.13. The van der Waals surface area contributed by atoms with Crippen molar-refractivity contribution >= 4 is 5.91 Å². The van der Waals surface area contributed by atoms with Crippen LogP contribution in [0.25, 0.3) is 0 Å². The number of carbonyl (C=O) groups is 1. The van der Waals surface area contributed by atoms with Gasteiger partial charge in [0, 0.05) is 26.0 Å². The van der Waals surface area contributed by atoms with E-state index < -0.39 is 0 Å². The first kappa shape index (κ1) is 17.7. The van der Waals surface area contributed by atoms with Gasteiger partial charge in [0.15, 0.2) is 0 Å². The van der Waals surface area contributed by atoms with Crippen molar-refractivity contribution in [1.82, 2.24) is 10.6 Å². The van der Waals surface area contributed by atoms with E-state index in [1.54, 1.807) is 0 Å². The van der Waals surface area contributed by atoms with Crippen molar-refractivity contribution in [3.05, 3.63) is 47.7 Å². The molecule has 0 fully saturated rings. The van der Waals surface area contributed by atoms with E-state index in [0.717, 1.165) is 12.0 Å². The van der Waals surface area contributed by atoms with E-state index >= 15 is 0 Å². The number of carbonyl (C=O) groups excluding carboxylic acids is 1. The van der Waals surface area contributed by atoms with Gasteiger partial charge < -0.3 is 15.4 Å². The lowest BCUT2D eigenvalue weighted by atomic mass is 10.1. The second kappa shape index (κ2) is 10.4. The fourth-order valence-electron chi connectivity index (χ4n) is 1.84. The predicted octanol–water partition coefficient (Wildman–Crippen LogP) is 2.29. The molecule has 5 nitrogen and oxygen atoms in total. The van der Waals surface area contributed by atoms with Crippen molar-refractivity contribution in [3.63, 3.8) is 0 Å². The normalized spacial score (nSPS) is 12.3. The molecule has 5 heteroatoms. The lowest BCUT2D eigenvalue weighted by molar-refractivity contribution is -0.117. The minimum atomic E-state index is -0.379. The minimum Gasteiger partial charge on any atom is -0.390 e. The Balaban J connectivity index is 2.45. The van der Waals surface area contributed by atoms with Crippen LogP contribution in [0.15, 0.2) is 42.1 Å². The Labute approximate surface area is 132 Å². The van der Waals surface area contributed by atoms with E-state index in [4.69, 9.17) is 10.00 Å². The summed E-state index contributed by atoms with van der Waals surface area (Å²) in [4.78, 5) is 12.1. The van der Waals surface area contributed by atoms with Crippen LogP contribution >= 0.6 is 0 Å². The van der Waals surface area contributed by atoms with E-state index in [1.807, 2.05) is 50.2 Å². The smallest absolute Gasteiger partial charge is 0.263 e. The summed E-state index contributed by atoms with van der Waals surface area (Å²) in [6, 6.07) is 11.4. The monoisotopic (exact) mass is 301 g/mol. The highest BCUT2D eigenvalue weighted by molar-refractivity contribution is 5.97. The van der Waals surface area contributed by atoms with E-state index in [0.29, 0.717) is 19.8 Å². The molecule has 0 aromatic heterocycles. The zero-order chi connectivity index (χ0) is 16.2. The molecular formula is C17H23N3O2. The van der Waals surface area contributed by atoms with Crippen LogP contribution in [-0.2, 0) is 9.53 Å². The number of nitrogens with one attached hydrogen (secondary N) is 2. The molecule has 1 atom stereocenters. The van der Waals surface area contributed by atoms with Gasteiger partial charge in [0.1, 0.15) is 11.6 Å². The number of ether oxygens (including phenoxy) is 1. The summed E-state index contributed by atoms with van der Waals surface area (Å²) in [7, 11) is 0. The predicted molar refractivity (Wildman–Crippen MR) is 85.8 cm³/mol. The summed E-state index contributed by atoms with van der Waals surface area (Å²) in [6.07, 6.45) is 2.28. The van der Waals surface area contributed by atoms with E-state index in [9.17, 15) is 4.79 Å². The van der Waals surface area contributed by atoms with Gasteiger partial charge in [-0.3, -0.25) is 4.79 Å². The third-order valence-electron chi connectivity index (χ3n) is 3.07. The quantitative estimate of drug-likeness (QED) is 0.417. The first-order valence-corrected chi connectivity index (χ1v) is 7.46. The summed E-state index contributed by atoms with van der Waals surface area (Å²) >= 11 is 0. The summed E-state index contributed by atoms with van der Waals surface area (Å²) in [5.74, 6) is -0.379. The number of nitrogens with zero attached hydrogens (tertiary/aromatic N) is 1. The molecule has 1 rings (SSSR count). The Morgan fingerprint density at radius 2 is 2.14 bits per heavy atom. The Hall–Kier alpha value is -2.32. The average Bonchev–Trinajstić information content (AvgIpc) is 2.55. The first-order chi connectivity index (χ1) is 10.7. The molecule has 0 spiro atoms. The Morgan fingerprint density at radius 3 is 2.77 bits per heavy atom. The second-order valence-electron chi connectivity index (χ2n) is 4.78. The number of rotatable bonds is 9. The van der Waals surface area contributed by atoms with Crippen LogP contribution in [0.2, 0.25) is 0 Å². The lowest BCUT2D eigenvalue weighted by Crippen LogP contribution is -2.28. The topological polar surface area (TPSA) is 74.1 Å². The first-order valence-electron chi connectivity index (χ1n) is 7.46. The zero-order valence-electron chi connectivity index (χ0n) is 13.1. The molecule has 0 radical (unpaired) electrons. The van der Waals surface area contributed by atoms with Crippen molar-refractivity contribution in [2.24, 2.45) is 0 Å². The van der Waals surface area contributed by atoms with Crippen LogP contribution in [0.3, 0.4) is 0 Å². The van der Waals surface area contributed by atoms with Gasteiger partial charge in [0.05, 0.1) is 6.04 Å². The van der Waals surface area contributed by atoms with Crippen LogP contribution < -0.4 is 10.6 Å². The molecule has 0 saturated heterocycles. The molecule has 2 N–H and O–H groups in total. The van der Waals surface area contributed by atoms with Crippen molar-refractivity contribution in [2.75, 3.05) is 19.8 Å². The summed E-state index contributed by atoms with van der Waals surface area (Å²) < 4.78 is 5.21. The number of nitriles is 1. The molecule has 0 bridgehead atoms. The van der Waals surface area contributed by atoms with Crippen LogP contribution in [0.5, 0.6) is 0 Å². The Morgan fingerprint density at radius 1 is 1.41 bits per heavy atom. The molecule has 1 unspecified atom stereocenters. The number of benzene rings is 1. The summed E-state index contributed by atoms with van der Waals surface area (Å²) in [6.45, 7) is 5.85. The molecule has 1 amide bonds. The van der Waals surface area contributed by atoms with Gasteiger partial charge >= 0.3 is 0 Å². The number of hydrogen-bond donors (Lipinski definition) is 2. The minimum absolute atomic E-state index is 0.0687. The molecule has 0 aliphatic heterocycles. The highest BCUT2D eigenvalue weighted by Crippen LogP contribution is 2.11. The van der Waals surface area contributed by atoms with Crippen molar-refractivity contribution in [3.8, 4) is 6.07 Å². The van der Waals surface area contributed by atoms with Crippen LogP contribution in [0.4, 0.5) is 0 Å². The van der Waals surface area contributed by atoms with Crippen molar-refractivity contribution in [1.29, 1.82) is 5.26 Å². The average molecular weight is 301 g/mol. The van der Waals surface area contributed by atoms with Crippen molar-refractivity contribution < 1.29 is 9.53 Å². The van der Waals surface area contributed by atoms with E-state index in [2.05, 4.69) is 10.6 Å². The molecule has 1 aromatic rings. The molecule has 0 heterocycles. The summed E-state index contributed by atoms with van der Waals surface area (Å²) in [5, 5.41) is 14.9. The molecule has 0 saturated carbocycles. The van der Waals surface area contributed by atoms with Gasteiger partial charge in [0.25, 0.3) is 5.91 Å².